The second kappa shape index (κ2) is 4.88. The highest BCUT2D eigenvalue weighted by atomic mass is 79.9. The van der Waals surface area contributed by atoms with E-state index in [0.29, 0.717) is 0 Å². The van der Waals surface area contributed by atoms with Gasteiger partial charge in [-0.25, -0.2) is 0 Å². The number of hydrogen-bond donors (Lipinski definition) is 1. The summed E-state index contributed by atoms with van der Waals surface area (Å²) >= 11 is 11.2. The number of thiophene rings is 1. The van der Waals surface area contributed by atoms with Gasteiger partial charge in [0.05, 0.1) is 0 Å². The molecule has 1 aromatic carbocycles. The van der Waals surface area contributed by atoms with Crippen LogP contribution in [0.4, 0.5) is 0 Å². The van der Waals surface area contributed by atoms with E-state index in [1.165, 1.54) is 9.75 Å². The van der Waals surface area contributed by atoms with Gasteiger partial charge in [-0.05, 0) is 37.3 Å². The Hall–Kier alpha value is -0.350. The third kappa shape index (κ3) is 2.48. The molecule has 1 nitrogen and oxygen atoms in total. The minimum Gasteiger partial charge on any atom is -0.324 e. The summed E-state index contributed by atoms with van der Waals surface area (Å²) in [6, 6.07) is 10.0. The summed E-state index contributed by atoms with van der Waals surface area (Å²) in [4.78, 5) is 2.36. The quantitative estimate of drug-likeness (QED) is 0.842. The number of hydrogen-bond acceptors (Lipinski definition) is 2. The normalized spacial score (nSPS) is 12.8. The van der Waals surface area contributed by atoms with Crippen molar-refractivity contribution >= 4 is 38.9 Å². The van der Waals surface area contributed by atoms with E-state index in [1.54, 1.807) is 11.3 Å². The lowest BCUT2D eigenvalue weighted by molar-refractivity contribution is 0.838. The van der Waals surface area contributed by atoms with Gasteiger partial charge in [0.15, 0.2) is 0 Å². The van der Waals surface area contributed by atoms with Gasteiger partial charge >= 0.3 is 0 Å². The maximum Gasteiger partial charge on any atom is 0.0413 e. The van der Waals surface area contributed by atoms with E-state index in [2.05, 4.69) is 28.1 Å². The molecule has 1 aromatic heterocycles. The molecule has 0 amide bonds. The molecular weight excluding hydrogens is 306 g/mol. The summed E-state index contributed by atoms with van der Waals surface area (Å²) in [5.74, 6) is 0. The van der Waals surface area contributed by atoms with Crippen molar-refractivity contribution in [2.24, 2.45) is 5.73 Å². The van der Waals surface area contributed by atoms with E-state index in [4.69, 9.17) is 17.3 Å². The molecule has 2 N–H and O–H groups in total. The van der Waals surface area contributed by atoms with Gasteiger partial charge in [-0.1, -0.05) is 27.5 Å². The van der Waals surface area contributed by atoms with Crippen LogP contribution in [0, 0.1) is 0 Å². The van der Waals surface area contributed by atoms with Crippen molar-refractivity contribution in [1.82, 2.24) is 0 Å². The summed E-state index contributed by atoms with van der Waals surface area (Å²) in [7, 11) is 0. The van der Waals surface area contributed by atoms with E-state index < -0.39 is 0 Å². The lowest BCUT2D eigenvalue weighted by Gasteiger charge is -2.03. The van der Waals surface area contributed by atoms with Crippen LogP contribution in [-0.4, -0.2) is 0 Å². The van der Waals surface area contributed by atoms with E-state index >= 15 is 0 Å². The molecule has 0 aliphatic heterocycles. The van der Waals surface area contributed by atoms with Crippen LogP contribution in [0.3, 0.4) is 0 Å². The predicted molar refractivity (Wildman–Crippen MR) is 75.1 cm³/mol. The Morgan fingerprint density at radius 2 is 2.06 bits per heavy atom. The zero-order chi connectivity index (χ0) is 11.7. The Kier molecular flexibility index (Phi) is 3.70. The molecule has 1 atom stereocenters. The number of rotatable bonds is 2. The van der Waals surface area contributed by atoms with Gasteiger partial charge in [-0.15, -0.1) is 11.3 Å². The van der Waals surface area contributed by atoms with E-state index in [0.717, 1.165) is 15.1 Å². The van der Waals surface area contributed by atoms with Crippen LogP contribution in [0.5, 0.6) is 0 Å². The molecule has 1 heterocycles. The molecule has 0 aliphatic carbocycles. The molecule has 4 heteroatoms. The Bertz CT molecular complexity index is 507. The van der Waals surface area contributed by atoms with Gasteiger partial charge < -0.3 is 5.73 Å². The minimum absolute atomic E-state index is 0.0803. The van der Waals surface area contributed by atoms with Crippen LogP contribution < -0.4 is 5.73 Å². The maximum absolute atomic E-state index is 6.00. The topological polar surface area (TPSA) is 26.0 Å². The SMILES string of the molecule is CC(N)c1ccc(-c2cc(Cl)ccc2Br)s1. The van der Waals surface area contributed by atoms with Gasteiger partial charge in [-0.3, -0.25) is 0 Å². The molecule has 0 aliphatic rings. The van der Waals surface area contributed by atoms with Crippen LogP contribution >= 0.6 is 38.9 Å². The first-order valence-corrected chi connectivity index (χ1v) is 6.87. The van der Waals surface area contributed by atoms with Crippen molar-refractivity contribution in [1.29, 1.82) is 0 Å². The van der Waals surface area contributed by atoms with Crippen molar-refractivity contribution in [3.05, 3.63) is 44.7 Å². The molecule has 0 spiro atoms. The number of benzene rings is 1. The van der Waals surface area contributed by atoms with Gasteiger partial charge in [-0.2, -0.15) is 0 Å². The Labute approximate surface area is 112 Å². The predicted octanol–water partition coefficient (Wildman–Crippen LogP) is 4.85. The highest BCUT2D eigenvalue weighted by Crippen LogP contribution is 2.36. The van der Waals surface area contributed by atoms with Crippen LogP contribution in [0.1, 0.15) is 17.8 Å². The number of halogens is 2. The average molecular weight is 317 g/mol. The van der Waals surface area contributed by atoms with Gasteiger partial charge in [0, 0.05) is 30.9 Å². The van der Waals surface area contributed by atoms with Gasteiger partial charge in [0.2, 0.25) is 0 Å². The van der Waals surface area contributed by atoms with Crippen LogP contribution in [0.15, 0.2) is 34.8 Å². The second-order valence-electron chi connectivity index (χ2n) is 3.61. The molecule has 0 fully saturated rings. The van der Waals surface area contributed by atoms with E-state index in [1.807, 2.05) is 25.1 Å². The van der Waals surface area contributed by atoms with E-state index in [9.17, 15) is 0 Å². The highest BCUT2D eigenvalue weighted by Gasteiger charge is 2.09. The maximum atomic E-state index is 6.00. The highest BCUT2D eigenvalue weighted by molar-refractivity contribution is 9.10. The molecule has 0 radical (unpaired) electrons. The Morgan fingerprint density at radius 3 is 2.69 bits per heavy atom. The fourth-order valence-corrected chi connectivity index (χ4v) is 3.18. The first-order valence-electron chi connectivity index (χ1n) is 4.88. The average Bonchev–Trinajstić information content (AvgIpc) is 2.70. The second-order valence-corrected chi connectivity index (χ2v) is 6.02. The first-order chi connectivity index (χ1) is 7.58. The third-order valence-corrected chi connectivity index (χ3v) is 4.52. The first kappa shape index (κ1) is 12.1. The lowest BCUT2D eigenvalue weighted by Crippen LogP contribution is -2.01. The smallest absolute Gasteiger partial charge is 0.0413 e. The zero-order valence-electron chi connectivity index (χ0n) is 8.71. The molecule has 0 bridgehead atoms. The Balaban J connectivity index is 2.46. The van der Waals surface area contributed by atoms with Gasteiger partial charge in [0.25, 0.3) is 0 Å². The minimum atomic E-state index is 0.0803. The fourth-order valence-electron chi connectivity index (χ4n) is 1.43. The molecule has 2 rings (SSSR count). The molecular formula is C12H11BrClNS. The van der Waals surface area contributed by atoms with Crippen molar-refractivity contribution in [2.75, 3.05) is 0 Å². The third-order valence-electron chi connectivity index (χ3n) is 2.27. The Morgan fingerprint density at radius 1 is 1.31 bits per heavy atom. The lowest BCUT2D eigenvalue weighted by atomic mass is 10.2. The largest absolute Gasteiger partial charge is 0.324 e. The molecule has 0 saturated heterocycles. The van der Waals surface area contributed by atoms with Crippen molar-refractivity contribution in [2.45, 2.75) is 13.0 Å². The summed E-state index contributed by atoms with van der Waals surface area (Å²) in [5, 5.41) is 0.744. The summed E-state index contributed by atoms with van der Waals surface area (Å²) in [5.41, 5.74) is 6.96. The standard InChI is InChI=1S/C12H11BrClNS/c1-7(15)11-4-5-12(16-11)9-6-8(14)2-3-10(9)13/h2-7H,15H2,1H3. The molecule has 16 heavy (non-hydrogen) atoms. The molecule has 1 unspecified atom stereocenters. The summed E-state index contributed by atoms with van der Waals surface area (Å²) in [6.45, 7) is 1.99. The van der Waals surface area contributed by atoms with Crippen LogP contribution in [0.2, 0.25) is 5.02 Å². The molecule has 2 aromatic rings. The van der Waals surface area contributed by atoms with Crippen LogP contribution in [0.25, 0.3) is 10.4 Å². The summed E-state index contributed by atoms with van der Waals surface area (Å²) < 4.78 is 1.05. The van der Waals surface area contributed by atoms with Crippen LogP contribution in [-0.2, 0) is 0 Å². The van der Waals surface area contributed by atoms with E-state index in [-0.39, 0.29) is 6.04 Å². The molecule has 84 valence electrons. The van der Waals surface area contributed by atoms with Crippen molar-refractivity contribution in [3.63, 3.8) is 0 Å². The van der Waals surface area contributed by atoms with Crippen molar-refractivity contribution < 1.29 is 0 Å². The molecule has 0 saturated carbocycles. The zero-order valence-corrected chi connectivity index (χ0v) is 11.9. The number of nitrogens with two attached hydrogens (primary N) is 1. The monoisotopic (exact) mass is 315 g/mol. The van der Waals surface area contributed by atoms with Gasteiger partial charge in [0.1, 0.15) is 0 Å². The fraction of sp³-hybridized carbons (Fsp3) is 0.167. The summed E-state index contributed by atoms with van der Waals surface area (Å²) in [6.07, 6.45) is 0. The van der Waals surface area contributed by atoms with Crippen molar-refractivity contribution in [3.8, 4) is 10.4 Å².